The number of ether oxygens (including phenoxy) is 2. The Labute approximate surface area is 99.1 Å². The molecule has 0 aromatic heterocycles. The quantitative estimate of drug-likeness (QED) is 0.422. The molecule has 1 amide bonds. The average Bonchev–Trinajstić information content (AvgIpc) is 2.24. The summed E-state index contributed by atoms with van der Waals surface area (Å²) in [4.78, 5) is 32.0. The molecule has 0 saturated carbocycles. The van der Waals surface area contributed by atoms with Crippen LogP contribution in [-0.4, -0.2) is 49.3 Å². The topological polar surface area (TPSA) is 102 Å². The number of rotatable bonds is 9. The smallest absolute Gasteiger partial charge is 0.329 e. The van der Waals surface area contributed by atoms with Gasteiger partial charge in [-0.25, -0.2) is 4.79 Å². The lowest BCUT2D eigenvalue weighted by molar-refractivity contribution is -0.145. The molecule has 98 valence electrons. The maximum atomic E-state index is 11.0. The fourth-order valence-electron chi connectivity index (χ4n) is 0.976. The normalized spacial score (nSPS) is 9.71. The Hall–Kier alpha value is -1.63. The highest BCUT2D eigenvalue weighted by Crippen LogP contribution is 1.91. The molecule has 0 fully saturated rings. The minimum atomic E-state index is -1.12. The summed E-state index contributed by atoms with van der Waals surface area (Å²) in [6.07, 6.45) is 0.716. The van der Waals surface area contributed by atoms with Crippen molar-refractivity contribution in [3.63, 3.8) is 0 Å². The molecule has 0 aliphatic rings. The third kappa shape index (κ3) is 10.6. The molecular formula is C10H17NO6. The molecule has 0 bridgehead atoms. The Morgan fingerprint density at radius 2 is 1.94 bits per heavy atom. The summed E-state index contributed by atoms with van der Waals surface area (Å²) in [7, 11) is 0. The first kappa shape index (κ1) is 15.4. The van der Waals surface area contributed by atoms with E-state index in [-0.39, 0.29) is 19.0 Å². The van der Waals surface area contributed by atoms with Gasteiger partial charge in [0.15, 0.2) is 0 Å². The second kappa shape index (κ2) is 9.59. The predicted molar refractivity (Wildman–Crippen MR) is 57.3 cm³/mol. The van der Waals surface area contributed by atoms with Crippen molar-refractivity contribution in [1.82, 2.24) is 5.32 Å². The molecule has 0 unspecified atom stereocenters. The van der Waals surface area contributed by atoms with Crippen LogP contribution in [0.25, 0.3) is 0 Å². The monoisotopic (exact) mass is 247 g/mol. The first-order chi connectivity index (χ1) is 8.06. The lowest BCUT2D eigenvalue weighted by atomic mass is 10.3. The maximum absolute atomic E-state index is 11.0. The Balaban J connectivity index is 3.39. The van der Waals surface area contributed by atoms with E-state index in [1.54, 1.807) is 6.92 Å². The molecule has 0 heterocycles. The van der Waals surface area contributed by atoms with Crippen LogP contribution in [0.2, 0.25) is 0 Å². The van der Waals surface area contributed by atoms with Gasteiger partial charge in [0, 0.05) is 13.0 Å². The highest BCUT2D eigenvalue weighted by atomic mass is 16.5. The van der Waals surface area contributed by atoms with Crippen LogP contribution >= 0.6 is 0 Å². The van der Waals surface area contributed by atoms with Crippen LogP contribution < -0.4 is 5.32 Å². The summed E-state index contributed by atoms with van der Waals surface area (Å²) in [5, 5.41) is 10.7. The van der Waals surface area contributed by atoms with E-state index in [1.165, 1.54) is 0 Å². The molecule has 0 rings (SSSR count). The van der Waals surface area contributed by atoms with Crippen molar-refractivity contribution in [2.75, 3.05) is 26.4 Å². The Kier molecular flexibility index (Phi) is 8.67. The van der Waals surface area contributed by atoms with Crippen LogP contribution in [0.1, 0.15) is 19.8 Å². The van der Waals surface area contributed by atoms with E-state index in [1.807, 2.05) is 0 Å². The number of hydrogen-bond acceptors (Lipinski definition) is 5. The van der Waals surface area contributed by atoms with E-state index >= 15 is 0 Å². The molecule has 0 spiro atoms. The molecule has 17 heavy (non-hydrogen) atoms. The first-order valence-corrected chi connectivity index (χ1v) is 5.28. The number of esters is 1. The number of carboxylic acids is 1. The molecule has 0 atom stereocenters. The minimum absolute atomic E-state index is 0.240. The van der Waals surface area contributed by atoms with Crippen LogP contribution in [0, 0.1) is 0 Å². The van der Waals surface area contributed by atoms with Gasteiger partial charge in [-0.1, -0.05) is 0 Å². The fraction of sp³-hybridized carbons (Fsp3) is 0.700. The zero-order valence-electron chi connectivity index (χ0n) is 9.73. The van der Waals surface area contributed by atoms with Gasteiger partial charge >= 0.3 is 11.9 Å². The lowest BCUT2D eigenvalue weighted by Gasteiger charge is -2.05. The van der Waals surface area contributed by atoms with Crippen LogP contribution in [0.15, 0.2) is 0 Å². The summed E-state index contributed by atoms with van der Waals surface area (Å²) >= 11 is 0. The van der Waals surface area contributed by atoms with Crippen LogP contribution in [0.3, 0.4) is 0 Å². The molecule has 0 aliphatic carbocycles. The molecule has 2 N–H and O–H groups in total. The maximum Gasteiger partial charge on any atom is 0.329 e. The van der Waals surface area contributed by atoms with E-state index in [0.717, 1.165) is 0 Å². The zero-order chi connectivity index (χ0) is 13.1. The molecular weight excluding hydrogens is 230 g/mol. The number of carboxylic acid groups (broad SMARTS) is 1. The summed E-state index contributed by atoms with van der Waals surface area (Å²) in [6.45, 7) is 1.59. The second-order valence-corrected chi connectivity index (χ2v) is 3.15. The summed E-state index contributed by atoms with van der Waals surface area (Å²) in [6, 6.07) is 0. The number of carbonyl (C=O) groups is 3. The summed E-state index contributed by atoms with van der Waals surface area (Å²) in [5.74, 6) is -1.83. The standard InChI is InChI=1S/C10H17NO6/c1-2-17-10(15)4-3-5-11-8(12)6-16-7-9(13)14/h2-7H2,1H3,(H,11,12)(H,13,14). The van der Waals surface area contributed by atoms with Gasteiger partial charge < -0.3 is 19.9 Å². The van der Waals surface area contributed by atoms with Gasteiger partial charge in [-0.15, -0.1) is 0 Å². The van der Waals surface area contributed by atoms with Crippen molar-refractivity contribution in [2.45, 2.75) is 19.8 Å². The number of nitrogens with one attached hydrogen (secondary N) is 1. The molecule has 0 radical (unpaired) electrons. The lowest BCUT2D eigenvalue weighted by Crippen LogP contribution is -2.29. The van der Waals surface area contributed by atoms with Crippen LogP contribution in [-0.2, 0) is 23.9 Å². The molecule has 7 heteroatoms. The van der Waals surface area contributed by atoms with Crippen LogP contribution in [0.5, 0.6) is 0 Å². The molecule has 0 aromatic rings. The zero-order valence-corrected chi connectivity index (χ0v) is 9.73. The van der Waals surface area contributed by atoms with Crippen molar-refractivity contribution in [3.05, 3.63) is 0 Å². The van der Waals surface area contributed by atoms with E-state index < -0.39 is 18.5 Å². The molecule has 7 nitrogen and oxygen atoms in total. The van der Waals surface area contributed by atoms with Gasteiger partial charge in [0.05, 0.1) is 6.61 Å². The van der Waals surface area contributed by atoms with E-state index in [0.29, 0.717) is 19.6 Å². The van der Waals surface area contributed by atoms with Crippen molar-refractivity contribution >= 4 is 17.8 Å². The van der Waals surface area contributed by atoms with Gasteiger partial charge in [0.1, 0.15) is 13.2 Å². The van der Waals surface area contributed by atoms with Crippen LogP contribution in [0.4, 0.5) is 0 Å². The summed E-state index contributed by atoms with van der Waals surface area (Å²) < 4.78 is 9.27. The van der Waals surface area contributed by atoms with Gasteiger partial charge in [-0.3, -0.25) is 9.59 Å². The van der Waals surface area contributed by atoms with Crippen molar-refractivity contribution in [1.29, 1.82) is 0 Å². The third-order valence-electron chi connectivity index (χ3n) is 1.64. The van der Waals surface area contributed by atoms with Gasteiger partial charge in [0.2, 0.25) is 5.91 Å². The highest BCUT2D eigenvalue weighted by molar-refractivity contribution is 5.77. The highest BCUT2D eigenvalue weighted by Gasteiger charge is 2.04. The minimum Gasteiger partial charge on any atom is -0.480 e. The molecule has 0 aromatic carbocycles. The van der Waals surface area contributed by atoms with Crippen molar-refractivity contribution in [3.8, 4) is 0 Å². The third-order valence-corrected chi connectivity index (χ3v) is 1.64. The van der Waals surface area contributed by atoms with Crippen molar-refractivity contribution in [2.24, 2.45) is 0 Å². The summed E-state index contributed by atoms with van der Waals surface area (Å²) in [5.41, 5.74) is 0. The van der Waals surface area contributed by atoms with Gasteiger partial charge in [0.25, 0.3) is 0 Å². The molecule has 0 aliphatic heterocycles. The SMILES string of the molecule is CCOC(=O)CCCNC(=O)COCC(=O)O. The van der Waals surface area contributed by atoms with Gasteiger partial charge in [-0.05, 0) is 13.3 Å². The van der Waals surface area contributed by atoms with Crippen molar-refractivity contribution < 1.29 is 29.0 Å². The number of hydrogen-bond donors (Lipinski definition) is 2. The second-order valence-electron chi connectivity index (χ2n) is 3.15. The number of amides is 1. The first-order valence-electron chi connectivity index (χ1n) is 5.28. The Bertz CT molecular complexity index is 266. The van der Waals surface area contributed by atoms with E-state index in [2.05, 4.69) is 10.1 Å². The number of carbonyl (C=O) groups excluding carboxylic acids is 2. The molecule has 0 saturated heterocycles. The largest absolute Gasteiger partial charge is 0.480 e. The number of aliphatic carboxylic acids is 1. The Morgan fingerprint density at radius 1 is 1.24 bits per heavy atom. The fourth-order valence-corrected chi connectivity index (χ4v) is 0.976. The van der Waals surface area contributed by atoms with E-state index in [9.17, 15) is 14.4 Å². The predicted octanol–water partition coefficient (Wildman–Crippen LogP) is -0.453. The van der Waals surface area contributed by atoms with Gasteiger partial charge in [-0.2, -0.15) is 0 Å². The Morgan fingerprint density at radius 3 is 2.53 bits per heavy atom. The van der Waals surface area contributed by atoms with E-state index in [4.69, 9.17) is 9.84 Å². The average molecular weight is 247 g/mol.